The number of methoxy groups -OCH3 is 1. The lowest BCUT2D eigenvalue weighted by Crippen LogP contribution is -2.65. The first-order chi connectivity index (χ1) is 16.3. The highest BCUT2D eigenvalue weighted by Crippen LogP contribution is 2.75. The number of amides is 1. The fraction of sp³-hybridized carbons (Fsp3) is 0.704. The Labute approximate surface area is 206 Å². The minimum absolute atomic E-state index is 0.0473. The monoisotopic (exact) mass is 481 g/mol. The molecule has 0 radical (unpaired) electrons. The molecule has 0 bridgehead atoms. The second-order valence-corrected chi connectivity index (χ2v) is 12.9. The number of rotatable bonds is 2. The van der Waals surface area contributed by atoms with Crippen LogP contribution in [-0.2, 0) is 10.2 Å². The lowest BCUT2D eigenvalue weighted by molar-refractivity contribution is -0.595. The lowest BCUT2D eigenvalue weighted by Gasteiger charge is -2.53. The van der Waals surface area contributed by atoms with Gasteiger partial charge in [0.1, 0.15) is 5.75 Å². The van der Waals surface area contributed by atoms with E-state index in [9.17, 15) is 19.7 Å². The number of ether oxygens (including phenoxy) is 1. The van der Waals surface area contributed by atoms with Crippen LogP contribution < -0.4 is 9.64 Å². The molecule has 1 aromatic rings. The number of hydrogen-bond acceptors (Lipinski definition) is 6. The molecular formula is C27H35N3O5. The Morgan fingerprint density at radius 1 is 1.14 bits per heavy atom. The highest BCUT2D eigenvalue weighted by Gasteiger charge is 2.84. The minimum Gasteiger partial charge on any atom is -0.496 e. The van der Waals surface area contributed by atoms with Crippen molar-refractivity contribution in [2.24, 2.45) is 10.8 Å². The molecule has 3 fully saturated rings. The van der Waals surface area contributed by atoms with Gasteiger partial charge in [-0.25, -0.2) is 0 Å². The molecule has 1 amide bonds. The number of fused-ring (bicyclic) bond motifs is 3. The Morgan fingerprint density at radius 3 is 2.51 bits per heavy atom. The largest absolute Gasteiger partial charge is 0.496 e. The summed E-state index contributed by atoms with van der Waals surface area (Å²) in [6.45, 7) is 11.3. The van der Waals surface area contributed by atoms with Gasteiger partial charge in [-0.1, -0.05) is 26.8 Å². The lowest BCUT2D eigenvalue weighted by atomic mass is 9.52. The van der Waals surface area contributed by atoms with E-state index in [4.69, 9.17) is 4.74 Å². The average molecular weight is 482 g/mol. The van der Waals surface area contributed by atoms with Crippen molar-refractivity contribution in [3.63, 3.8) is 0 Å². The van der Waals surface area contributed by atoms with Crippen LogP contribution in [0.4, 0.5) is 5.69 Å². The molecule has 4 aliphatic heterocycles. The van der Waals surface area contributed by atoms with E-state index in [1.165, 1.54) is 7.11 Å². The van der Waals surface area contributed by atoms with Crippen LogP contribution in [0.25, 0.3) is 0 Å². The van der Waals surface area contributed by atoms with Crippen molar-refractivity contribution in [2.75, 3.05) is 25.1 Å². The number of carbonyl (C=O) groups is 2. The van der Waals surface area contributed by atoms with E-state index in [2.05, 4.69) is 25.7 Å². The third-order valence-corrected chi connectivity index (χ3v) is 11.1. The number of nitro groups is 1. The molecule has 1 aliphatic carbocycles. The number of anilines is 1. The van der Waals surface area contributed by atoms with Crippen LogP contribution in [0, 0.1) is 20.9 Å². The number of Topliss-reactive ketones (excluding diaryl/α,β-unsaturated/α-hetero) is 1. The molecule has 188 valence electrons. The zero-order valence-corrected chi connectivity index (χ0v) is 21.6. The van der Waals surface area contributed by atoms with Crippen LogP contribution in [0.5, 0.6) is 5.75 Å². The highest BCUT2D eigenvalue weighted by molar-refractivity contribution is 6.19. The van der Waals surface area contributed by atoms with Crippen LogP contribution in [-0.4, -0.2) is 58.8 Å². The fourth-order valence-electron chi connectivity index (χ4n) is 8.96. The standard InChI is InChI=1S/C27H35N3O5/c1-23(2)13-18(31)20-19(35-6)10-9-17-21(20)29(23)22(32)27(17)14-26(30(33)34)15-28-11-7-8-16(28)12-25(26,5)24(27,3)4/h9-10,16H,7-8,11-15H2,1-6H3/t16-,25+,26+,27-/m1/s1. The predicted octanol–water partition coefficient (Wildman–Crippen LogP) is 3.96. The summed E-state index contributed by atoms with van der Waals surface area (Å²) >= 11 is 0. The third-order valence-electron chi connectivity index (χ3n) is 11.1. The Kier molecular flexibility index (Phi) is 4.22. The first-order valence-corrected chi connectivity index (χ1v) is 12.8. The summed E-state index contributed by atoms with van der Waals surface area (Å²) in [5.74, 6) is 0.318. The Bertz CT molecular complexity index is 1210. The van der Waals surface area contributed by atoms with Crippen LogP contribution >= 0.6 is 0 Å². The van der Waals surface area contributed by atoms with Crippen molar-refractivity contribution in [1.82, 2.24) is 4.90 Å². The van der Waals surface area contributed by atoms with Crippen molar-refractivity contribution >= 4 is 17.4 Å². The average Bonchev–Trinajstić information content (AvgIpc) is 3.36. The van der Waals surface area contributed by atoms with Gasteiger partial charge >= 0.3 is 0 Å². The summed E-state index contributed by atoms with van der Waals surface area (Å²) in [4.78, 5) is 45.2. The molecule has 8 nitrogen and oxygen atoms in total. The number of carbonyl (C=O) groups excluding carboxylic acids is 2. The van der Waals surface area contributed by atoms with Gasteiger partial charge < -0.3 is 9.64 Å². The molecule has 4 heterocycles. The van der Waals surface area contributed by atoms with Gasteiger partial charge in [-0.3, -0.25) is 24.6 Å². The van der Waals surface area contributed by atoms with Crippen molar-refractivity contribution in [1.29, 1.82) is 0 Å². The van der Waals surface area contributed by atoms with Gasteiger partial charge in [0.25, 0.3) is 0 Å². The quantitative estimate of drug-likeness (QED) is 0.469. The summed E-state index contributed by atoms with van der Waals surface area (Å²) in [6, 6.07) is 4.00. The maximum atomic E-state index is 14.8. The SMILES string of the molecule is COc1ccc2c3c1C(=O)CC(C)(C)N3C(=O)[C@@]21C[C@]2([N+](=O)[O-])CN3CCC[C@@H]3C[C@@]2(C)C1(C)C. The van der Waals surface area contributed by atoms with Crippen molar-refractivity contribution in [2.45, 2.75) is 89.3 Å². The van der Waals surface area contributed by atoms with Crippen LogP contribution in [0.15, 0.2) is 12.1 Å². The summed E-state index contributed by atoms with van der Waals surface area (Å²) in [7, 11) is 1.53. The second-order valence-electron chi connectivity index (χ2n) is 12.9. The molecule has 8 heteroatoms. The third kappa shape index (κ3) is 2.25. The number of benzene rings is 1. The summed E-state index contributed by atoms with van der Waals surface area (Å²) in [6.07, 6.45) is 3.16. The molecule has 0 aromatic heterocycles. The molecular weight excluding hydrogens is 446 g/mol. The van der Waals surface area contributed by atoms with Crippen LogP contribution in [0.3, 0.4) is 0 Å². The van der Waals surface area contributed by atoms with E-state index in [0.717, 1.165) is 24.9 Å². The second kappa shape index (κ2) is 6.44. The smallest absolute Gasteiger partial charge is 0.241 e. The molecule has 4 atom stereocenters. The summed E-state index contributed by atoms with van der Waals surface area (Å²) in [5, 5.41) is 13.1. The summed E-state index contributed by atoms with van der Waals surface area (Å²) in [5.41, 5.74) is -2.64. The Hall–Kier alpha value is -2.48. The zero-order valence-electron chi connectivity index (χ0n) is 21.6. The van der Waals surface area contributed by atoms with E-state index in [1.54, 1.807) is 11.0 Å². The highest BCUT2D eigenvalue weighted by atomic mass is 16.6. The maximum absolute atomic E-state index is 14.8. The molecule has 6 rings (SSSR count). The normalized spacial score (nSPS) is 38.5. The van der Waals surface area contributed by atoms with E-state index in [-0.39, 0.29) is 29.5 Å². The fourth-order valence-corrected chi connectivity index (χ4v) is 8.96. The van der Waals surface area contributed by atoms with Gasteiger partial charge in [0.2, 0.25) is 11.4 Å². The van der Waals surface area contributed by atoms with Crippen molar-refractivity contribution in [3.05, 3.63) is 33.4 Å². The first kappa shape index (κ1) is 23.0. The minimum atomic E-state index is -1.25. The van der Waals surface area contributed by atoms with Crippen LogP contribution in [0.2, 0.25) is 0 Å². The predicted molar refractivity (Wildman–Crippen MR) is 131 cm³/mol. The molecule has 0 N–H and O–H groups in total. The Balaban J connectivity index is 1.66. The van der Waals surface area contributed by atoms with E-state index in [0.29, 0.717) is 36.0 Å². The number of nitrogens with zero attached hydrogens (tertiary/aromatic N) is 3. The molecule has 1 saturated carbocycles. The molecule has 2 saturated heterocycles. The van der Waals surface area contributed by atoms with E-state index in [1.807, 2.05) is 19.9 Å². The van der Waals surface area contributed by atoms with Gasteiger partial charge in [-0.2, -0.15) is 0 Å². The molecule has 1 aromatic carbocycles. The van der Waals surface area contributed by atoms with Crippen molar-refractivity contribution in [3.8, 4) is 5.75 Å². The summed E-state index contributed by atoms with van der Waals surface area (Å²) < 4.78 is 5.57. The first-order valence-electron chi connectivity index (χ1n) is 12.8. The molecule has 5 aliphatic rings. The van der Waals surface area contributed by atoms with Crippen molar-refractivity contribution < 1.29 is 19.2 Å². The molecule has 1 spiro atoms. The van der Waals surface area contributed by atoms with Gasteiger partial charge in [-0.15, -0.1) is 0 Å². The maximum Gasteiger partial charge on any atom is 0.241 e. The zero-order chi connectivity index (χ0) is 25.3. The van der Waals surface area contributed by atoms with Gasteiger partial charge in [0, 0.05) is 34.8 Å². The van der Waals surface area contributed by atoms with E-state index < -0.39 is 27.3 Å². The van der Waals surface area contributed by atoms with Crippen LogP contribution in [0.1, 0.15) is 82.6 Å². The molecule has 35 heavy (non-hydrogen) atoms. The van der Waals surface area contributed by atoms with Gasteiger partial charge in [-0.05, 0) is 56.7 Å². The van der Waals surface area contributed by atoms with E-state index >= 15 is 0 Å². The van der Waals surface area contributed by atoms with Gasteiger partial charge in [0.15, 0.2) is 5.78 Å². The Morgan fingerprint density at radius 2 is 1.86 bits per heavy atom. The number of hydrogen-bond donors (Lipinski definition) is 0. The topological polar surface area (TPSA) is 93.0 Å². The number of piperidine rings is 1. The van der Waals surface area contributed by atoms with Gasteiger partial charge in [0.05, 0.1) is 30.3 Å². The number of ketones is 1. The molecule has 0 unspecified atom stereocenters.